The van der Waals surface area contributed by atoms with Gasteiger partial charge in [0.25, 0.3) is 0 Å². The molecule has 5 heterocycles. The Morgan fingerprint density at radius 1 is 1.23 bits per heavy atom. The third-order valence-corrected chi connectivity index (χ3v) is 8.64. The van der Waals surface area contributed by atoms with Gasteiger partial charge in [-0.1, -0.05) is 0 Å². The molecule has 0 radical (unpaired) electrons. The molecular formula is C30H37IN8O4. The molecule has 1 atom stereocenters. The minimum atomic E-state index is -0.642. The lowest BCUT2D eigenvalue weighted by atomic mass is 10.1. The fourth-order valence-electron chi connectivity index (χ4n) is 4.95. The predicted octanol–water partition coefficient (Wildman–Crippen LogP) is 4.97. The van der Waals surface area contributed by atoms with E-state index in [9.17, 15) is 4.79 Å². The van der Waals surface area contributed by atoms with Crippen LogP contribution in [0.4, 0.5) is 4.79 Å². The summed E-state index contributed by atoms with van der Waals surface area (Å²) >= 11 is 2.26. The average molecular weight is 701 g/mol. The highest BCUT2D eigenvalue weighted by molar-refractivity contribution is 14.1. The second-order valence-corrected chi connectivity index (χ2v) is 12.6. The number of pyridine rings is 1. The number of carbonyl (C=O) groups is 1. The SMILES string of the molecule is C#Cc1nn(C2CCCCO2)c2cnc(-c3cnn(C)c3OCCN(Cc3nn(C)c(C)c3I)C(=O)OC(C)(C)C)cc12. The van der Waals surface area contributed by atoms with E-state index in [1.807, 2.05) is 50.2 Å². The summed E-state index contributed by atoms with van der Waals surface area (Å²) in [4.78, 5) is 19.5. The molecule has 4 aromatic heterocycles. The van der Waals surface area contributed by atoms with Crippen molar-refractivity contribution in [2.24, 2.45) is 14.1 Å². The predicted molar refractivity (Wildman–Crippen MR) is 169 cm³/mol. The molecule has 1 saturated heterocycles. The zero-order chi connectivity index (χ0) is 30.9. The summed E-state index contributed by atoms with van der Waals surface area (Å²) in [6, 6.07) is 1.92. The van der Waals surface area contributed by atoms with Gasteiger partial charge in [0.2, 0.25) is 5.88 Å². The van der Waals surface area contributed by atoms with Crippen molar-refractivity contribution in [1.29, 1.82) is 0 Å². The van der Waals surface area contributed by atoms with Gasteiger partial charge in [0.05, 0.1) is 51.5 Å². The first-order valence-electron chi connectivity index (χ1n) is 14.2. The molecule has 228 valence electrons. The highest BCUT2D eigenvalue weighted by atomic mass is 127. The molecule has 1 fully saturated rings. The number of carbonyl (C=O) groups excluding carboxylic acids is 1. The highest BCUT2D eigenvalue weighted by Gasteiger charge is 2.26. The number of aromatic nitrogens is 7. The van der Waals surface area contributed by atoms with E-state index in [1.165, 1.54) is 0 Å². The van der Waals surface area contributed by atoms with Crippen molar-refractivity contribution in [3.63, 3.8) is 0 Å². The first-order chi connectivity index (χ1) is 20.5. The normalized spacial score (nSPS) is 15.4. The third-order valence-electron chi connectivity index (χ3n) is 7.24. The van der Waals surface area contributed by atoms with Gasteiger partial charge in [0.1, 0.15) is 17.9 Å². The molecule has 1 aliphatic rings. The number of nitrogens with zero attached hydrogens (tertiary/aromatic N) is 8. The molecule has 0 spiro atoms. The van der Waals surface area contributed by atoms with Gasteiger partial charge in [0.15, 0.2) is 6.23 Å². The summed E-state index contributed by atoms with van der Waals surface area (Å²) in [7, 11) is 3.69. The minimum Gasteiger partial charge on any atom is -0.475 e. The lowest BCUT2D eigenvalue weighted by Gasteiger charge is -2.27. The van der Waals surface area contributed by atoms with Crippen molar-refractivity contribution in [2.75, 3.05) is 19.8 Å². The molecule has 0 N–H and O–H groups in total. The van der Waals surface area contributed by atoms with E-state index in [0.717, 1.165) is 45.1 Å². The van der Waals surface area contributed by atoms with Gasteiger partial charge >= 0.3 is 6.09 Å². The summed E-state index contributed by atoms with van der Waals surface area (Å²) in [5.74, 6) is 3.22. The monoisotopic (exact) mass is 700 g/mol. The van der Waals surface area contributed by atoms with Crippen molar-refractivity contribution in [3.05, 3.63) is 39.1 Å². The van der Waals surface area contributed by atoms with E-state index in [4.69, 9.17) is 25.6 Å². The Hall–Kier alpha value is -3.64. The molecule has 13 heteroatoms. The Bertz CT molecular complexity index is 1670. The number of aryl methyl sites for hydroxylation is 2. The van der Waals surface area contributed by atoms with Gasteiger partial charge in [-0.15, -0.1) is 6.42 Å². The standard InChI is InChI=1S/C30H37IN8O4/c1-8-22-20-15-23(32-17-25(20)39(35-22)26-11-9-10-13-41-26)21-16-33-37(7)28(21)42-14-12-38(29(40)43-30(3,4)5)18-24-27(31)19(2)36(6)34-24/h1,15-17,26H,9-14,18H2,2-7H3. The van der Waals surface area contributed by atoms with E-state index in [0.29, 0.717) is 29.4 Å². The molecule has 43 heavy (non-hydrogen) atoms. The zero-order valence-corrected chi connectivity index (χ0v) is 27.6. The van der Waals surface area contributed by atoms with Crippen molar-refractivity contribution in [3.8, 4) is 29.5 Å². The van der Waals surface area contributed by atoms with E-state index >= 15 is 0 Å². The van der Waals surface area contributed by atoms with Crippen molar-refractivity contribution in [1.82, 2.24) is 39.2 Å². The van der Waals surface area contributed by atoms with Crippen LogP contribution in [-0.4, -0.2) is 70.7 Å². The first-order valence-corrected chi connectivity index (χ1v) is 15.3. The van der Waals surface area contributed by atoms with E-state index in [-0.39, 0.29) is 25.9 Å². The van der Waals surface area contributed by atoms with Gasteiger partial charge in [-0.2, -0.15) is 15.3 Å². The largest absolute Gasteiger partial charge is 0.475 e. The lowest BCUT2D eigenvalue weighted by molar-refractivity contribution is -0.0367. The van der Waals surface area contributed by atoms with Crippen LogP contribution in [0.15, 0.2) is 18.5 Å². The fraction of sp³-hybridized carbons (Fsp3) is 0.500. The van der Waals surface area contributed by atoms with Crippen molar-refractivity contribution >= 4 is 39.6 Å². The Kier molecular flexibility index (Phi) is 8.98. The molecule has 0 saturated carbocycles. The van der Waals surface area contributed by atoms with Gasteiger partial charge < -0.3 is 14.2 Å². The fourth-order valence-corrected chi connectivity index (χ4v) is 5.57. The summed E-state index contributed by atoms with van der Waals surface area (Å²) < 4.78 is 24.2. The van der Waals surface area contributed by atoms with Crippen LogP contribution in [0.2, 0.25) is 0 Å². The Morgan fingerprint density at radius 2 is 2.02 bits per heavy atom. The molecule has 0 aromatic carbocycles. The molecular weight excluding hydrogens is 663 g/mol. The summed E-state index contributed by atoms with van der Waals surface area (Å²) in [6.07, 6.45) is 11.7. The maximum Gasteiger partial charge on any atom is 0.410 e. The summed E-state index contributed by atoms with van der Waals surface area (Å²) in [5, 5.41) is 14.5. The van der Waals surface area contributed by atoms with Crippen LogP contribution in [-0.2, 0) is 30.1 Å². The Labute approximate surface area is 264 Å². The average Bonchev–Trinajstić information content (AvgIpc) is 3.61. The maximum atomic E-state index is 13.2. The second kappa shape index (κ2) is 12.5. The van der Waals surface area contributed by atoms with Crippen molar-refractivity contribution in [2.45, 2.75) is 65.3 Å². The van der Waals surface area contributed by atoms with Gasteiger partial charge in [-0.05, 0) is 81.5 Å². The molecule has 0 bridgehead atoms. The van der Waals surface area contributed by atoms with Crippen LogP contribution in [0.3, 0.4) is 0 Å². The Morgan fingerprint density at radius 3 is 2.67 bits per heavy atom. The first kappa shape index (κ1) is 30.8. The number of hydrogen-bond donors (Lipinski definition) is 0. The van der Waals surface area contributed by atoms with Crippen LogP contribution in [0, 0.1) is 22.8 Å². The van der Waals surface area contributed by atoms with Crippen LogP contribution < -0.4 is 4.74 Å². The van der Waals surface area contributed by atoms with Gasteiger partial charge in [-0.25, -0.2) is 14.2 Å². The maximum absolute atomic E-state index is 13.2. The zero-order valence-electron chi connectivity index (χ0n) is 25.4. The van der Waals surface area contributed by atoms with E-state index < -0.39 is 11.7 Å². The number of hydrogen-bond acceptors (Lipinski definition) is 8. The van der Waals surface area contributed by atoms with Crippen molar-refractivity contribution < 1.29 is 19.0 Å². The number of terminal acetylenes is 1. The van der Waals surface area contributed by atoms with Gasteiger partial charge in [-0.3, -0.25) is 14.6 Å². The molecule has 12 nitrogen and oxygen atoms in total. The smallest absolute Gasteiger partial charge is 0.410 e. The summed E-state index contributed by atoms with van der Waals surface area (Å²) in [6.45, 7) is 8.99. The summed E-state index contributed by atoms with van der Waals surface area (Å²) in [5.41, 5.74) is 3.90. The minimum absolute atomic E-state index is 0.158. The molecule has 1 aliphatic heterocycles. The molecule has 4 aromatic rings. The number of fused-ring (bicyclic) bond motifs is 1. The van der Waals surface area contributed by atoms with Gasteiger partial charge in [0, 0.05) is 31.8 Å². The number of amides is 1. The molecule has 0 aliphatic carbocycles. The third kappa shape index (κ3) is 6.65. The van der Waals surface area contributed by atoms with E-state index in [1.54, 1.807) is 29.0 Å². The molecule has 1 amide bonds. The quantitative estimate of drug-likeness (QED) is 0.187. The molecule has 1 unspecified atom stereocenters. The van der Waals surface area contributed by atoms with Crippen LogP contribution in [0.25, 0.3) is 22.2 Å². The highest BCUT2D eigenvalue weighted by Crippen LogP contribution is 2.33. The lowest BCUT2D eigenvalue weighted by Crippen LogP contribution is -2.39. The topological polar surface area (TPSA) is 114 Å². The number of rotatable bonds is 8. The molecule has 5 rings (SSSR count). The van der Waals surface area contributed by atoms with Crippen LogP contribution >= 0.6 is 22.6 Å². The van der Waals surface area contributed by atoms with Crippen LogP contribution in [0.1, 0.15) is 63.3 Å². The second-order valence-electron chi connectivity index (χ2n) is 11.6. The number of halogens is 1. The Balaban J connectivity index is 1.37. The van der Waals surface area contributed by atoms with Crippen LogP contribution in [0.5, 0.6) is 5.88 Å². The van der Waals surface area contributed by atoms with E-state index in [2.05, 4.69) is 43.8 Å². The number of ether oxygens (including phenoxy) is 3.